The minimum absolute atomic E-state index is 0.268. The Labute approximate surface area is 110 Å². The van der Waals surface area contributed by atoms with Crippen LogP contribution in [0.25, 0.3) is 10.9 Å². The Kier molecular flexibility index (Phi) is 4.07. The van der Waals surface area contributed by atoms with Crippen molar-refractivity contribution in [2.75, 3.05) is 0 Å². The number of hydrogen-bond acceptors (Lipinski definition) is 1. The summed E-state index contributed by atoms with van der Waals surface area (Å²) in [6.07, 6.45) is 4.20. The maximum absolute atomic E-state index is 6.08. The lowest BCUT2D eigenvalue weighted by Gasteiger charge is -2.11. The second kappa shape index (κ2) is 5.57. The SMILES string of the molecule is CCC(N)Cc1cccc2c1ccn2CC(C)C. The Bertz CT molecular complexity index is 511. The predicted octanol–water partition coefficient (Wildman–Crippen LogP) is 3.58. The average Bonchev–Trinajstić information content (AvgIpc) is 2.73. The smallest absolute Gasteiger partial charge is 0.0483 e. The van der Waals surface area contributed by atoms with Crippen molar-refractivity contribution in [3.05, 3.63) is 36.0 Å². The molecule has 2 aromatic rings. The van der Waals surface area contributed by atoms with Crippen LogP contribution in [0.15, 0.2) is 30.5 Å². The Balaban J connectivity index is 2.36. The largest absolute Gasteiger partial charge is 0.347 e. The summed E-state index contributed by atoms with van der Waals surface area (Å²) in [5.74, 6) is 0.669. The quantitative estimate of drug-likeness (QED) is 0.856. The number of benzene rings is 1. The van der Waals surface area contributed by atoms with Gasteiger partial charge in [0.2, 0.25) is 0 Å². The van der Waals surface area contributed by atoms with Crippen molar-refractivity contribution >= 4 is 10.9 Å². The van der Waals surface area contributed by atoms with E-state index in [2.05, 4.69) is 55.8 Å². The fourth-order valence-corrected chi connectivity index (χ4v) is 2.44. The molecule has 0 aliphatic rings. The van der Waals surface area contributed by atoms with Crippen molar-refractivity contribution in [3.63, 3.8) is 0 Å². The molecule has 0 aliphatic heterocycles. The molecule has 1 aromatic carbocycles. The number of rotatable bonds is 5. The molecule has 1 aromatic heterocycles. The van der Waals surface area contributed by atoms with E-state index in [1.54, 1.807) is 0 Å². The molecule has 18 heavy (non-hydrogen) atoms. The van der Waals surface area contributed by atoms with Crippen LogP contribution in [0.4, 0.5) is 0 Å². The Morgan fingerprint density at radius 2 is 2.00 bits per heavy atom. The second-order valence-corrected chi connectivity index (χ2v) is 5.58. The van der Waals surface area contributed by atoms with E-state index < -0.39 is 0 Å². The highest BCUT2D eigenvalue weighted by molar-refractivity contribution is 5.83. The van der Waals surface area contributed by atoms with Gasteiger partial charge in [0.25, 0.3) is 0 Å². The minimum Gasteiger partial charge on any atom is -0.347 e. The zero-order valence-corrected chi connectivity index (χ0v) is 11.7. The van der Waals surface area contributed by atoms with Crippen molar-refractivity contribution in [3.8, 4) is 0 Å². The van der Waals surface area contributed by atoms with Crippen molar-refractivity contribution in [1.29, 1.82) is 0 Å². The Morgan fingerprint density at radius 1 is 1.22 bits per heavy atom. The van der Waals surface area contributed by atoms with Gasteiger partial charge in [-0.3, -0.25) is 0 Å². The summed E-state index contributed by atoms with van der Waals surface area (Å²) >= 11 is 0. The fraction of sp³-hybridized carbons (Fsp3) is 0.500. The highest BCUT2D eigenvalue weighted by atomic mass is 15.0. The van der Waals surface area contributed by atoms with Crippen LogP contribution < -0.4 is 5.73 Å². The van der Waals surface area contributed by atoms with E-state index in [-0.39, 0.29) is 6.04 Å². The van der Waals surface area contributed by atoms with Gasteiger partial charge in [0, 0.05) is 29.7 Å². The number of nitrogens with zero attached hydrogens (tertiary/aromatic N) is 1. The van der Waals surface area contributed by atoms with Gasteiger partial charge in [-0.1, -0.05) is 32.9 Å². The lowest BCUT2D eigenvalue weighted by Crippen LogP contribution is -2.21. The van der Waals surface area contributed by atoms with Gasteiger partial charge in [0.15, 0.2) is 0 Å². The summed E-state index contributed by atoms with van der Waals surface area (Å²) in [5, 5.41) is 1.36. The predicted molar refractivity (Wildman–Crippen MR) is 78.7 cm³/mol. The lowest BCUT2D eigenvalue weighted by molar-refractivity contribution is 0.535. The van der Waals surface area contributed by atoms with Gasteiger partial charge >= 0.3 is 0 Å². The molecule has 0 amide bonds. The maximum Gasteiger partial charge on any atom is 0.0483 e. The molecule has 2 nitrogen and oxygen atoms in total. The molecular weight excluding hydrogens is 220 g/mol. The van der Waals surface area contributed by atoms with Crippen LogP contribution in [-0.2, 0) is 13.0 Å². The molecule has 0 bridgehead atoms. The van der Waals surface area contributed by atoms with Crippen molar-refractivity contribution in [2.24, 2.45) is 11.7 Å². The summed E-state index contributed by atoms with van der Waals surface area (Å²) in [5.41, 5.74) is 8.79. The average molecular weight is 244 g/mol. The first-order valence-electron chi connectivity index (χ1n) is 6.94. The van der Waals surface area contributed by atoms with E-state index in [1.807, 2.05) is 0 Å². The van der Waals surface area contributed by atoms with Crippen molar-refractivity contribution in [2.45, 2.75) is 46.2 Å². The summed E-state index contributed by atoms with van der Waals surface area (Å²) in [7, 11) is 0. The first-order valence-corrected chi connectivity index (χ1v) is 6.94. The molecule has 0 spiro atoms. The van der Waals surface area contributed by atoms with E-state index in [0.29, 0.717) is 5.92 Å². The summed E-state index contributed by atoms with van der Waals surface area (Å²) < 4.78 is 2.35. The third kappa shape index (κ3) is 2.75. The van der Waals surface area contributed by atoms with Gasteiger partial charge in [-0.05, 0) is 36.5 Å². The zero-order chi connectivity index (χ0) is 13.1. The van der Waals surface area contributed by atoms with Crippen LogP contribution in [0.2, 0.25) is 0 Å². The standard InChI is InChI=1S/C16H24N2/c1-4-14(17)10-13-6-5-7-16-15(13)8-9-18(16)11-12(2)3/h5-9,12,14H,4,10-11,17H2,1-3H3. The number of fused-ring (bicyclic) bond motifs is 1. The molecule has 0 saturated carbocycles. The summed E-state index contributed by atoms with van der Waals surface area (Å²) in [6.45, 7) is 7.73. The molecular formula is C16H24N2. The lowest BCUT2D eigenvalue weighted by atomic mass is 10.0. The van der Waals surface area contributed by atoms with E-state index in [1.165, 1.54) is 16.5 Å². The van der Waals surface area contributed by atoms with Gasteiger partial charge in [-0.2, -0.15) is 0 Å². The van der Waals surface area contributed by atoms with Crippen LogP contribution in [0.1, 0.15) is 32.8 Å². The van der Waals surface area contributed by atoms with Crippen LogP contribution in [-0.4, -0.2) is 10.6 Å². The summed E-state index contributed by atoms with van der Waals surface area (Å²) in [6, 6.07) is 9.06. The highest BCUT2D eigenvalue weighted by Gasteiger charge is 2.09. The highest BCUT2D eigenvalue weighted by Crippen LogP contribution is 2.22. The fourth-order valence-electron chi connectivity index (χ4n) is 2.44. The molecule has 1 heterocycles. The third-order valence-corrected chi connectivity index (χ3v) is 3.47. The normalized spacial score (nSPS) is 13.4. The van der Waals surface area contributed by atoms with E-state index in [4.69, 9.17) is 5.73 Å². The topological polar surface area (TPSA) is 30.9 Å². The molecule has 0 saturated heterocycles. The van der Waals surface area contributed by atoms with E-state index >= 15 is 0 Å². The maximum atomic E-state index is 6.08. The molecule has 98 valence electrons. The molecule has 1 atom stereocenters. The molecule has 0 radical (unpaired) electrons. The molecule has 1 unspecified atom stereocenters. The molecule has 2 rings (SSSR count). The molecule has 2 N–H and O–H groups in total. The van der Waals surface area contributed by atoms with E-state index in [9.17, 15) is 0 Å². The number of aromatic nitrogens is 1. The van der Waals surface area contributed by atoms with Crippen LogP contribution >= 0.6 is 0 Å². The third-order valence-electron chi connectivity index (χ3n) is 3.47. The van der Waals surface area contributed by atoms with Crippen LogP contribution in [0.3, 0.4) is 0 Å². The molecule has 0 fully saturated rings. The first kappa shape index (κ1) is 13.2. The molecule has 0 aliphatic carbocycles. The van der Waals surface area contributed by atoms with Gasteiger partial charge < -0.3 is 10.3 Å². The summed E-state index contributed by atoms with van der Waals surface area (Å²) in [4.78, 5) is 0. The van der Waals surface area contributed by atoms with Crippen LogP contribution in [0.5, 0.6) is 0 Å². The number of hydrogen-bond donors (Lipinski definition) is 1. The molecule has 2 heteroatoms. The van der Waals surface area contributed by atoms with Gasteiger partial charge in [-0.15, -0.1) is 0 Å². The number of nitrogens with two attached hydrogens (primary N) is 1. The van der Waals surface area contributed by atoms with Gasteiger partial charge in [0.1, 0.15) is 0 Å². The van der Waals surface area contributed by atoms with Gasteiger partial charge in [-0.25, -0.2) is 0 Å². The van der Waals surface area contributed by atoms with E-state index in [0.717, 1.165) is 19.4 Å². The van der Waals surface area contributed by atoms with Crippen molar-refractivity contribution < 1.29 is 0 Å². The Hall–Kier alpha value is -1.28. The second-order valence-electron chi connectivity index (χ2n) is 5.58. The van der Waals surface area contributed by atoms with Gasteiger partial charge in [0.05, 0.1) is 0 Å². The van der Waals surface area contributed by atoms with Crippen molar-refractivity contribution in [1.82, 2.24) is 4.57 Å². The first-order chi connectivity index (χ1) is 8.61. The van der Waals surface area contributed by atoms with Crippen LogP contribution in [0, 0.1) is 5.92 Å². The zero-order valence-electron chi connectivity index (χ0n) is 11.7. The minimum atomic E-state index is 0.268. The monoisotopic (exact) mass is 244 g/mol. The Morgan fingerprint density at radius 3 is 2.67 bits per heavy atom.